The molecule has 0 saturated heterocycles. The van der Waals surface area contributed by atoms with Crippen LogP contribution in [0, 0.1) is 6.92 Å². The maximum Gasteiger partial charge on any atom is 0.139 e. The molecule has 4 heteroatoms. The molecule has 0 spiro atoms. The first-order chi connectivity index (χ1) is 12.2. The highest BCUT2D eigenvalue weighted by Crippen LogP contribution is 2.30. The van der Waals surface area contributed by atoms with E-state index in [1.165, 1.54) is 11.1 Å². The van der Waals surface area contributed by atoms with Crippen molar-refractivity contribution in [3.05, 3.63) is 89.1 Å². The van der Waals surface area contributed by atoms with Crippen molar-refractivity contribution in [1.29, 1.82) is 0 Å². The lowest BCUT2D eigenvalue weighted by Crippen LogP contribution is -2.03. The number of hydrogen-bond acceptors (Lipinski definition) is 2. The van der Waals surface area contributed by atoms with Gasteiger partial charge in [0, 0.05) is 23.3 Å². The number of pyridine rings is 1. The smallest absolute Gasteiger partial charge is 0.139 e. The molecule has 2 aromatic heterocycles. The summed E-state index contributed by atoms with van der Waals surface area (Å²) in [6.45, 7) is 2.82. The first-order valence-electron chi connectivity index (χ1n) is 8.23. The molecule has 0 radical (unpaired) electrons. The van der Waals surface area contributed by atoms with Crippen molar-refractivity contribution in [1.82, 2.24) is 9.38 Å². The summed E-state index contributed by atoms with van der Waals surface area (Å²) in [6, 6.07) is 22.3. The molecule has 0 bridgehead atoms. The summed E-state index contributed by atoms with van der Waals surface area (Å²) in [5.74, 6) is 0.991. The first-order valence-corrected chi connectivity index (χ1v) is 8.61. The molecule has 0 aliphatic heterocycles. The number of hydrogen-bond donors (Lipinski definition) is 1. The van der Waals surface area contributed by atoms with Gasteiger partial charge in [0.1, 0.15) is 17.2 Å². The normalized spacial score (nSPS) is 11.0. The summed E-state index contributed by atoms with van der Waals surface area (Å²) in [4.78, 5) is 4.82. The predicted octanol–water partition coefficient (Wildman–Crippen LogP) is 5.58. The van der Waals surface area contributed by atoms with Crippen molar-refractivity contribution in [2.75, 3.05) is 5.32 Å². The van der Waals surface area contributed by atoms with Crippen molar-refractivity contribution in [3.63, 3.8) is 0 Å². The van der Waals surface area contributed by atoms with Crippen LogP contribution < -0.4 is 5.32 Å². The van der Waals surface area contributed by atoms with Crippen molar-refractivity contribution >= 4 is 23.1 Å². The van der Waals surface area contributed by atoms with E-state index < -0.39 is 0 Å². The number of benzene rings is 2. The first kappa shape index (κ1) is 15.7. The second kappa shape index (κ2) is 6.61. The number of imidazole rings is 1. The molecule has 1 N–H and O–H groups in total. The summed E-state index contributed by atoms with van der Waals surface area (Å²) >= 11 is 6.04. The minimum atomic E-state index is 0.724. The van der Waals surface area contributed by atoms with Gasteiger partial charge in [0.25, 0.3) is 0 Å². The Hall–Kier alpha value is -2.78. The van der Waals surface area contributed by atoms with Crippen molar-refractivity contribution < 1.29 is 0 Å². The van der Waals surface area contributed by atoms with E-state index in [4.69, 9.17) is 16.6 Å². The van der Waals surface area contributed by atoms with Gasteiger partial charge < -0.3 is 5.32 Å². The van der Waals surface area contributed by atoms with E-state index in [-0.39, 0.29) is 0 Å². The summed E-state index contributed by atoms with van der Waals surface area (Å²) in [5, 5.41) is 4.28. The number of halogens is 1. The van der Waals surface area contributed by atoms with Crippen molar-refractivity contribution in [2.45, 2.75) is 13.5 Å². The maximum absolute atomic E-state index is 6.04. The zero-order valence-electron chi connectivity index (χ0n) is 13.9. The summed E-state index contributed by atoms with van der Waals surface area (Å²) in [5.41, 5.74) is 5.31. The van der Waals surface area contributed by atoms with E-state index in [2.05, 4.69) is 53.2 Å². The molecule has 2 heterocycles. The fraction of sp³-hybridized carbons (Fsp3) is 0.0952. The molecule has 3 nitrogen and oxygen atoms in total. The molecule has 4 aromatic rings. The Morgan fingerprint density at radius 2 is 1.72 bits per heavy atom. The second-order valence-corrected chi connectivity index (χ2v) is 6.53. The Kier molecular flexibility index (Phi) is 4.16. The van der Waals surface area contributed by atoms with Crippen LogP contribution >= 0.6 is 11.6 Å². The number of fused-ring (bicyclic) bond motifs is 1. The van der Waals surface area contributed by atoms with Gasteiger partial charge in [0.05, 0.1) is 0 Å². The van der Waals surface area contributed by atoms with E-state index >= 15 is 0 Å². The van der Waals surface area contributed by atoms with Crippen LogP contribution in [0.2, 0.25) is 5.02 Å². The van der Waals surface area contributed by atoms with E-state index in [1.54, 1.807) is 0 Å². The third kappa shape index (κ3) is 3.24. The molecule has 124 valence electrons. The average molecular weight is 348 g/mol. The van der Waals surface area contributed by atoms with Gasteiger partial charge in [-0.3, -0.25) is 4.40 Å². The zero-order chi connectivity index (χ0) is 17.2. The quantitative estimate of drug-likeness (QED) is 0.522. The average Bonchev–Trinajstić information content (AvgIpc) is 2.99. The van der Waals surface area contributed by atoms with Gasteiger partial charge in [-0.25, -0.2) is 4.98 Å². The van der Waals surface area contributed by atoms with Crippen LogP contribution in [0.4, 0.5) is 5.82 Å². The van der Waals surface area contributed by atoms with Gasteiger partial charge in [0.2, 0.25) is 0 Å². The Bertz CT molecular complexity index is 1000. The fourth-order valence-corrected chi connectivity index (χ4v) is 3.04. The molecule has 0 unspecified atom stereocenters. The summed E-state index contributed by atoms with van der Waals surface area (Å²) in [7, 11) is 0. The summed E-state index contributed by atoms with van der Waals surface area (Å²) < 4.78 is 2.11. The maximum atomic E-state index is 6.04. The van der Waals surface area contributed by atoms with Crippen molar-refractivity contribution in [3.8, 4) is 11.3 Å². The van der Waals surface area contributed by atoms with E-state index in [0.717, 1.165) is 34.3 Å². The predicted molar refractivity (Wildman–Crippen MR) is 104 cm³/mol. The van der Waals surface area contributed by atoms with Gasteiger partial charge in [-0.15, -0.1) is 0 Å². The van der Waals surface area contributed by atoms with Crippen LogP contribution in [-0.2, 0) is 6.54 Å². The lowest BCUT2D eigenvalue weighted by molar-refractivity contribution is 1.08. The van der Waals surface area contributed by atoms with Gasteiger partial charge in [-0.05, 0) is 36.2 Å². The Balaban J connectivity index is 1.79. The topological polar surface area (TPSA) is 29.3 Å². The number of nitrogens with zero attached hydrogens (tertiary/aromatic N) is 2. The summed E-state index contributed by atoms with van der Waals surface area (Å²) in [6.07, 6.45) is 2.11. The van der Waals surface area contributed by atoms with Crippen LogP contribution in [0.25, 0.3) is 16.9 Å². The highest BCUT2D eigenvalue weighted by molar-refractivity contribution is 6.30. The molecule has 0 fully saturated rings. The van der Waals surface area contributed by atoms with Crippen LogP contribution in [0.1, 0.15) is 11.1 Å². The molecule has 0 amide bonds. The largest absolute Gasteiger partial charge is 0.365 e. The molecule has 0 atom stereocenters. The third-order valence-electron chi connectivity index (χ3n) is 4.19. The monoisotopic (exact) mass is 347 g/mol. The lowest BCUT2D eigenvalue weighted by atomic mass is 10.1. The SMILES string of the molecule is Cc1ccc2nc(-c3ccc(Cl)cc3)c(NCc3ccccc3)n2c1. The molecule has 0 saturated carbocycles. The molecule has 0 aliphatic carbocycles. The van der Waals surface area contributed by atoms with Gasteiger partial charge in [0.15, 0.2) is 0 Å². The minimum absolute atomic E-state index is 0.724. The van der Waals surface area contributed by atoms with Gasteiger partial charge in [-0.1, -0.05) is 60.1 Å². The highest BCUT2D eigenvalue weighted by atomic mass is 35.5. The van der Waals surface area contributed by atoms with Crippen LogP contribution in [-0.4, -0.2) is 9.38 Å². The highest BCUT2D eigenvalue weighted by Gasteiger charge is 2.14. The van der Waals surface area contributed by atoms with Gasteiger partial charge in [-0.2, -0.15) is 0 Å². The van der Waals surface area contributed by atoms with Crippen LogP contribution in [0.5, 0.6) is 0 Å². The van der Waals surface area contributed by atoms with E-state index in [0.29, 0.717) is 0 Å². The second-order valence-electron chi connectivity index (χ2n) is 6.09. The van der Waals surface area contributed by atoms with Crippen LogP contribution in [0.3, 0.4) is 0 Å². The number of nitrogens with one attached hydrogen (secondary N) is 1. The minimum Gasteiger partial charge on any atom is -0.365 e. The zero-order valence-corrected chi connectivity index (χ0v) is 14.7. The molecule has 2 aromatic carbocycles. The molecular formula is C21H18ClN3. The molecule has 0 aliphatic rings. The third-order valence-corrected chi connectivity index (χ3v) is 4.44. The molecule has 25 heavy (non-hydrogen) atoms. The molecule has 4 rings (SSSR count). The van der Waals surface area contributed by atoms with E-state index in [9.17, 15) is 0 Å². The Morgan fingerprint density at radius 1 is 0.960 bits per heavy atom. The van der Waals surface area contributed by atoms with Crippen LogP contribution in [0.15, 0.2) is 72.9 Å². The van der Waals surface area contributed by atoms with E-state index in [1.807, 2.05) is 36.4 Å². The van der Waals surface area contributed by atoms with Crippen molar-refractivity contribution in [2.24, 2.45) is 0 Å². The van der Waals surface area contributed by atoms with Gasteiger partial charge >= 0.3 is 0 Å². The number of aromatic nitrogens is 2. The number of anilines is 1. The fourth-order valence-electron chi connectivity index (χ4n) is 2.91. The Morgan fingerprint density at radius 3 is 2.48 bits per heavy atom. The Labute approximate surface area is 151 Å². The lowest BCUT2D eigenvalue weighted by Gasteiger charge is -2.09. The molecular weight excluding hydrogens is 330 g/mol. The standard InChI is InChI=1S/C21H18ClN3/c1-15-7-12-19-24-20(17-8-10-18(22)11-9-17)21(25(19)14-15)23-13-16-5-3-2-4-6-16/h2-12,14,23H,13H2,1H3. The number of aryl methyl sites for hydroxylation is 1. The number of rotatable bonds is 4.